The highest BCUT2D eigenvalue weighted by molar-refractivity contribution is 7.08. The number of hydrogen-bond acceptors (Lipinski definition) is 5. The van der Waals surface area contributed by atoms with Gasteiger partial charge in [0, 0.05) is 20.6 Å². The second kappa shape index (κ2) is 8.82. The van der Waals surface area contributed by atoms with Gasteiger partial charge >= 0.3 is 0 Å². The van der Waals surface area contributed by atoms with Gasteiger partial charge in [0.05, 0.1) is 18.8 Å². The Morgan fingerprint density at radius 2 is 2.12 bits per heavy atom. The van der Waals surface area contributed by atoms with Crippen LogP contribution >= 0.6 is 11.3 Å². The van der Waals surface area contributed by atoms with Crippen LogP contribution in [0.15, 0.2) is 40.0 Å². The molecule has 0 fully saturated rings. The summed E-state index contributed by atoms with van der Waals surface area (Å²) >= 11 is 1.58. The minimum Gasteiger partial charge on any atom is -0.384 e. The standard InChI is InChI=1S/C18H27N5OS/c1-5-19-17(21-13-18(2,24)14-9-10-25-12-14)20-11-15-7-6-8-16(22-15)23(3)4/h6-10,12,24H,5,11,13H2,1-4H3,(H2,19,20,21). The molecule has 0 saturated carbocycles. The predicted octanol–water partition coefficient (Wildman–Crippen LogP) is 2.17. The average Bonchev–Trinajstić information content (AvgIpc) is 3.13. The fourth-order valence-electron chi connectivity index (χ4n) is 2.23. The van der Waals surface area contributed by atoms with Crippen molar-refractivity contribution in [2.24, 2.45) is 4.99 Å². The molecule has 7 heteroatoms. The molecule has 2 heterocycles. The van der Waals surface area contributed by atoms with Gasteiger partial charge in [-0.05, 0) is 48.4 Å². The number of anilines is 1. The molecule has 0 bridgehead atoms. The Morgan fingerprint density at radius 1 is 1.32 bits per heavy atom. The molecule has 25 heavy (non-hydrogen) atoms. The van der Waals surface area contributed by atoms with Crippen molar-refractivity contribution in [3.63, 3.8) is 0 Å². The van der Waals surface area contributed by atoms with E-state index in [2.05, 4.69) is 20.6 Å². The lowest BCUT2D eigenvalue weighted by Crippen LogP contribution is -2.44. The van der Waals surface area contributed by atoms with E-state index in [-0.39, 0.29) is 0 Å². The lowest BCUT2D eigenvalue weighted by molar-refractivity contribution is 0.0621. The van der Waals surface area contributed by atoms with Crippen LogP contribution in [0.4, 0.5) is 5.82 Å². The Kier molecular flexibility index (Phi) is 6.78. The molecule has 2 rings (SSSR count). The lowest BCUT2D eigenvalue weighted by Gasteiger charge is -2.24. The van der Waals surface area contributed by atoms with E-state index in [4.69, 9.17) is 0 Å². The molecule has 2 aromatic heterocycles. The van der Waals surface area contributed by atoms with Crippen molar-refractivity contribution in [1.82, 2.24) is 15.6 Å². The highest BCUT2D eigenvalue weighted by atomic mass is 32.1. The van der Waals surface area contributed by atoms with Crippen LogP contribution in [0.25, 0.3) is 0 Å². The summed E-state index contributed by atoms with van der Waals surface area (Å²) in [6, 6.07) is 7.85. The quantitative estimate of drug-likeness (QED) is 0.521. The van der Waals surface area contributed by atoms with Crippen molar-refractivity contribution in [1.29, 1.82) is 0 Å². The number of aliphatic imine (C=N–C) groups is 1. The Labute approximate surface area is 153 Å². The largest absolute Gasteiger partial charge is 0.384 e. The van der Waals surface area contributed by atoms with Crippen LogP contribution in [0.2, 0.25) is 0 Å². The van der Waals surface area contributed by atoms with Gasteiger partial charge in [0.15, 0.2) is 5.96 Å². The van der Waals surface area contributed by atoms with Crippen molar-refractivity contribution in [3.8, 4) is 0 Å². The summed E-state index contributed by atoms with van der Waals surface area (Å²) in [5, 5.41) is 21.0. The molecule has 3 N–H and O–H groups in total. The number of aromatic nitrogens is 1. The van der Waals surface area contributed by atoms with Crippen molar-refractivity contribution in [2.45, 2.75) is 26.0 Å². The molecule has 1 atom stereocenters. The maximum Gasteiger partial charge on any atom is 0.191 e. The van der Waals surface area contributed by atoms with Gasteiger partial charge in [0.2, 0.25) is 0 Å². The van der Waals surface area contributed by atoms with Gasteiger partial charge in [-0.15, -0.1) is 0 Å². The average molecular weight is 362 g/mol. The SMILES string of the molecule is CCNC(=NCc1cccc(N(C)C)n1)NCC(C)(O)c1ccsc1. The van der Waals surface area contributed by atoms with Crippen LogP contribution in [0.1, 0.15) is 25.1 Å². The van der Waals surface area contributed by atoms with Gasteiger partial charge in [-0.2, -0.15) is 11.3 Å². The maximum atomic E-state index is 10.6. The summed E-state index contributed by atoms with van der Waals surface area (Å²) in [7, 11) is 3.93. The van der Waals surface area contributed by atoms with Crippen molar-refractivity contribution in [2.75, 3.05) is 32.1 Å². The lowest BCUT2D eigenvalue weighted by atomic mass is 9.99. The van der Waals surface area contributed by atoms with Crippen LogP contribution < -0.4 is 15.5 Å². The minimum atomic E-state index is -0.945. The fraction of sp³-hybridized carbons (Fsp3) is 0.444. The van der Waals surface area contributed by atoms with Crippen LogP contribution in [-0.2, 0) is 12.1 Å². The number of nitrogens with one attached hydrogen (secondary N) is 2. The van der Waals surface area contributed by atoms with E-state index in [1.165, 1.54) is 0 Å². The van der Waals surface area contributed by atoms with Crippen molar-refractivity contribution < 1.29 is 5.11 Å². The summed E-state index contributed by atoms with van der Waals surface area (Å²) in [6.07, 6.45) is 0. The number of aliphatic hydroxyl groups is 1. The summed E-state index contributed by atoms with van der Waals surface area (Å²) in [4.78, 5) is 11.1. The van der Waals surface area contributed by atoms with Crippen LogP contribution in [-0.4, -0.2) is 43.2 Å². The first-order valence-electron chi connectivity index (χ1n) is 8.33. The second-order valence-electron chi connectivity index (χ2n) is 6.22. The summed E-state index contributed by atoms with van der Waals surface area (Å²) in [6.45, 7) is 5.41. The maximum absolute atomic E-state index is 10.6. The van der Waals surface area contributed by atoms with E-state index in [1.54, 1.807) is 18.3 Å². The first-order chi connectivity index (χ1) is 11.9. The smallest absolute Gasteiger partial charge is 0.191 e. The molecule has 0 aliphatic carbocycles. The van der Waals surface area contributed by atoms with Crippen LogP contribution in [0.3, 0.4) is 0 Å². The Bertz CT molecular complexity index is 683. The molecule has 136 valence electrons. The van der Waals surface area contributed by atoms with Crippen LogP contribution in [0, 0.1) is 0 Å². The number of pyridine rings is 1. The Hall–Kier alpha value is -2.12. The van der Waals surface area contributed by atoms with Gasteiger partial charge in [-0.25, -0.2) is 9.98 Å². The van der Waals surface area contributed by atoms with Gasteiger partial charge < -0.3 is 20.6 Å². The molecule has 0 saturated heterocycles. The van der Waals surface area contributed by atoms with Gasteiger partial charge in [-0.3, -0.25) is 0 Å². The third-order valence-corrected chi connectivity index (χ3v) is 4.42. The first-order valence-corrected chi connectivity index (χ1v) is 9.27. The van der Waals surface area contributed by atoms with Crippen molar-refractivity contribution >= 4 is 23.1 Å². The third kappa shape index (κ3) is 5.72. The zero-order valence-corrected chi connectivity index (χ0v) is 16.1. The molecule has 0 radical (unpaired) electrons. The van der Waals surface area contributed by atoms with E-state index >= 15 is 0 Å². The molecule has 0 aliphatic rings. The molecule has 0 aromatic carbocycles. The summed E-state index contributed by atoms with van der Waals surface area (Å²) in [5.74, 6) is 1.57. The molecule has 0 amide bonds. The topological polar surface area (TPSA) is 72.8 Å². The molecule has 0 aliphatic heterocycles. The summed E-state index contributed by atoms with van der Waals surface area (Å²) in [5.41, 5.74) is 0.855. The molecular weight excluding hydrogens is 334 g/mol. The van der Waals surface area contributed by atoms with E-state index in [9.17, 15) is 5.11 Å². The van der Waals surface area contributed by atoms with Crippen LogP contribution in [0.5, 0.6) is 0 Å². The normalized spacial score (nSPS) is 14.0. The van der Waals surface area contributed by atoms with Gasteiger partial charge in [0.1, 0.15) is 11.4 Å². The Balaban J connectivity index is 2.02. The molecule has 6 nitrogen and oxygen atoms in total. The minimum absolute atomic E-state index is 0.376. The first kappa shape index (κ1) is 19.2. The highest BCUT2D eigenvalue weighted by Crippen LogP contribution is 2.21. The van der Waals surface area contributed by atoms with E-state index in [1.807, 2.05) is 60.9 Å². The second-order valence-corrected chi connectivity index (χ2v) is 7.00. The monoisotopic (exact) mass is 361 g/mol. The number of guanidine groups is 1. The number of thiophene rings is 1. The number of hydrogen-bond donors (Lipinski definition) is 3. The zero-order chi connectivity index (χ0) is 18.3. The molecular formula is C18H27N5OS. The molecule has 2 aromatic rings. The summed E-state index contributed by atoms with van der Waals surface area (Å²) < 4.78 is 0. The Morgan fingerprint density at radius 3 is 2.76 bits per heavy atom. The van der Waals surface area contributed by atoms with Gasteiger partial charge in [-0.1, -0.05) is 6.07 Å². The highest BCUT2D eigenvalue weighted by Gasteiger charge is 2.23. The third-order valence-electron chi connectivity index (χ3n) is 3.74. The van der Waals surface area contributed by atoms with E-state index in [0.29, 0.717) is 19.0 Å². The zero-order valence-electron chi connectivity index (χ0n) is 15.3. The molecule has 1 unspecified atom stereocenters. The van der Waals surface area contributed by atoms with E-state index < -0.39 is 5.60 Å². The predicted molar refractivity (Wildman–Crippen MR) is 105 cm³/mol. The molecule has 0 spiro atoms. The van der Waals surface area contributed by atoms with Gasteiger partial charge in [0.25, 0.3) is 0 Å². The number of nitrogens with zero attached hydrogens (tertiary/aromatic N) is 3. The van der Waals surface area contributed by atoms with Crippen molar-refractivity contribution in [3.05, 3.63) is 46.3 Å². The fourth-order valence-corrected chi connectivity index (χ4v) is 3.02. The van der Waals surface area contributed by atoms with E-state index in [0.717, 1.165) is 23.6 Å². The number of rotatable bonds is 7.